The van der Waals surface area contributed by atoms with Gasteiger partial charge in [0.2, 0.25) is 0 Å². The topological polar surface area (TPSA) is 56.9 Å². The lowest BCUT2D eigenvalue weighted by atomic mass is 10.2. The highest BCUT2D eigenvalue weighted by Crippen LogP contribution is 2.04. The molecule has 1 rings (SSSR count). The monoisotopic (exact) mass is 174 g/mol. The molecule has 0 aliphatic rings. The minimum atomic E-state index is -0.00701. The fraction of sp³-hybridized carbons (Fsp3) is 0.200. The van der Waals surface area contributed by atoms with Crippen molar-refractivity contribution in [3.8, 4) is 6.07 Å². The zero-order valence-corrected chi connectivity index (χ0v) is 7.14. The Bertz CT molecular complexity index is 339. The molecule has 1 aromatic heterocycles. The van der Waals surface area contributed by atoms with Crippen molar-refractivity contribution in [2.24, 2.45) is 0 Å². The van der Waals surface area contributed by atoms with E-state index in [2.05, 4.69) is 4.98 Å². The third-order valence-electron chi connectivity index (χ3n) is 1.52. The fourth-order valence-electron chi connectivity index (χ4n) is 0.933. The minimum Gasteiger partial charge on any atom is -0.392 e. The summed E-state index contributed by atoms with van der Waals surface area (Å²) in [5.74, 6) is 0. The van der Waals surface area contributed by atoms with Gasteiger partial charge in [-0.15, -0.1) is 0 Å². The largest absolute Gasteiger partial charge is 0.392 e. The lowest BCUT2D eigenvalue weighted by Crippen LogP contribution is -1.85. The van der Waals surface area contributed by atoms with Gasteiger partial charge in [0.1, 0.15) is 0 Å². The average Bonchev–Trinajstić information content (AvgIpc) is 2.19. The lowest BCUT2D eigenvalue weighted by Gasteiger charge is -1.96. The van der Waals surface area contributed by atoms with E-state index >= 15 is 0 Å². The van der Waals surface area contributed by atoms with E-state index in [0.29, 0.717) is 6.42 Å². The first-order chi connectivity index (χ1) is 6.36. The van der Waals surface area contributed by atoms with Crippen LogP contribution in [-0.4, -0.2) is 10.1 Å². The summed E-state index contributed by atoms with van der Waals surface area (Å²) in [6.07, 6.45) is 7.27. The molecule has 1 N–H and O–H groups in total. The van der Waals surface area contributed by atoms with E-state index in [1.807, 2.05) is 18.2 Å². The maximum absolute atomic E-state index is 8.82. The van der Waals surface area contributed by atoms with Crippen molar-refractivity contribution < 1.29 is 5.11 Å². The van der Waals surface area contributed by atoms with Crippen molar-refractivity contribution in [3.63, 3.8) is 0 Å². The van der Waals surface area contributed by atoms with Crippen LogP contribution in [0, 0.1) is 11.3 Å². The predicted octanol–water partition coefficient (Wildman–Crippen LogP) is 1.50. The van der Waals surface area contributed by atoms with Crippen LogP contribution >= 0.6 is 0 Å². The minimum absolute atomic E-state index is 0.00701. The number of allylic oxidation sites excluding steroid dienone is 1. The molecule has 66 valence electrons. The maximum Gasteiger partial charge on any atom is 0.0697 e. The molecule has 0 spiro atoms. The van der Waals surface area contributed by atoms with Crippen LogP contribution in [0.2, 0.25) is 0 Å². The van der Waals surface area contributed by atoms with Gasteiger partial charge in [-0.05, 0) is 17.2 Å². The number of nitrogens with zero attached hydrogens (tertiary/aromatic N) is 2. The number of aromatic nitrogens is 1. The van der Waals surface area contributed by atoms with Gasteiger partial charge in [0.05, 0.1) is 19.1 Å². The highest BCUT2D eigenvalue weighted by Gasteiger charge is 1.91. The van der Waals surface area contributed by atoms with Crippen LogP contribution in [0.5, 0.6) is 0 Å². The first kappa shape index (κ1) is 9.43. The van der Waals surface area contributed by atoms with E-state index in [4.69, 9.17) is 10.4 Å². The second-order valence-electron chi connectivity index (χ2n) is 2.55. The van der Waals surface area contributed by atoms with Crippen LogP contribution < -0.4 is 0 Å². The molecule has 0 saturated heterocycles. The van der Waals surface area contributed by atoms with Crippen LogP contribution in [0.25, 0.3) is 6.08 Å². The summed E-state index contributed by atoms with van der Waals surface area (Å²) in [5, 5.41) is 17.1. The van der Waals surface area contributed by atoms with Crippen molar-refractivity contribution in [3.05, 3.63) is 35.7 Å². The van der Waals surface area contributed by atoms with Gasteiger partial charge >= 0.3 is 0 Å². The molecule has 1 aromatic rings. The third kappa shape index (κ3) is 3.06. The van der Waals surface area contributed by atoms with E-state index in [-0.39, 0.29) is 6.61 Å². The van der Waals surface area contributed by atoms with E-state index in [1.54, 1.807) is 18.5 Å². The summed E-state index contributed by atoms with van der Waals surface area (Å²) in [7, 11) is 0. The van der Waals surface area contributed by atoms with Gasteiger partial charge in [0.15, 0.2) is 0 Å². The lowest BCUT2D eigenvalue weighted by molar-refractivity contribution is 0.281. The molecule has 0 amide bonds. The molecule has 0 aliphatic heterocycles. The summed E-state index contributed by atoms with van der Waals surface area (Å²) in [6.45, 7) is -0.00701. The molecular formula is C10H10N2O. The predicted molar refractivity (Wildman–Crippen MR) is 49.4 cm³/mol. The van der Waals surface area contributed by atoms with E-state index in [9.17, 15) is 0 Å². The molecule has 3 heteroatoms. The van der Waals surface area contributed by atoms with Gasteiger partial charge in [0.25, 0.3) is 0 Å². The number of pyridine rings is 1. The zero-order valence-electron chi connectivity index (χ0n) is 7.14. The van der Waals surface area contributed by atoms with Gasteiger partial charge in [-0.2, -0.15) is 5.26 Å². The first-order valence-electron chi connectivity index (χ1n) is 3.95. The van der Waals surface area contributed by atoms with Gasteiger partial charge in [-0.3, -0.25) is 4.98 Å². The highest BCUT2D eigenvalue weighted by atomic mass is 16.3. The molecular weight excluding hydrogens is 164 g/mol. The molecule has 0 bridgehead atoms. The van der Waals surface area contributed by atoms with Crippen LogP contribution in [0.3, 0.4) is 0 Å². The highest BCUT2D eigenvalue weighted by molar-refractivity contribution is 5.48. The normalized spacial score (nSPS) is 10.2. The van der Waals surface area contributed by atoms with Crippen molar-refractivity contribution in [2.75, 3.05) is 0 Å². The van der Waals surface area contributed by atoms with Crippen LogP contribution in [-0.2, 0) is 6.61 Å². The molecule has 0 aliphatic carbocycles. The Kier molecular flexibility index (Phi) is 3.68. The quantitative estimate of drug-likeness (QED) is 0.755. The number of aliphatic hydroxyl groups is 1. The second-order valence-corrected chi connectivity index (χ2v) is 2.55. The van der Waals surface area contributed by atoms with E-state index in [1.165, 1.54) is 0 Å². The second kappa shape index (κ2) is 5.07. The van der Waals surface area contributed by atoms with Crippen LogP contribution in [0.4, 0.5) is 0 Å². The van der Waals surface area contributed by atoms with Gasteiger partial charge in [-0.1, -0.05) is 12.2 Å². The fourth-order valence-corrected chi connectivity index (χ4v) is 0.933. The van der Waals surface area contributed by atoms with Crippen LogP contribution in [0.15, 0.2) is 24.5 Å². The Hall–Kier alpha value is -1.66. The van der Waals surface area contributed by atoms with Gasteiger partial charge in [0, 0.05) is 12.4 Å². The maximum atomic E-state index is 8.82. The molecule has 0 aromatic carbocycles. The molecule has 1 heterocycles. The number of nitriles is 1. The zero-order chi connectivity index (χ0) is 9.52. The smallest absolute Gasteiger partial charge is 0.0697 e. The van der Waals surface area contributed by atoms with Crippen molar-refractivity contribution in [1.82, 2.24) is 4.98 Å². The summed E-state index contributed by atoms with van der Waals surface area (Å²) in [4.78, 5) is 3.94. The molecule has 0 unspecified atom stereocenters. The molecule has 0 fully saturated rings. The first-order valence-corrected chi connectivity index (χ1v) is 3.95. The van der Waals surface area contributed by atoms with Crippen molar-refractivity contribution in [1.29, 1.82) is 5.26 Å². The number of rotatable bonds is 3. The standard InChI is InChI=1S/C10H10N2O/c11-4-2-1-3-9-5-10(8-13)7-12-6-9/h1,3,5-7,13H,2,8H2. The molecule has 13 heavy (non-hydrogen) atoms. The average molecular weight is 174 g/mol. The molecule has 0 saturated carbocycles. The number of hydrogen-bond acceptors (Lipinski definition) is 3. The third-order valence-corrected chi connectivity index (χ3v) is 1.52. The Morgan fingerprint density at radius 2 is 2.38 bits per heavy atom. The summed E-state index contributed by atoms with van der Waals surface area (Å²) >= 11 is 0. The van der Waals surface area contributed by atoms with Crippen molar-refractivity contribution in [2.45, 2.75) is 13.0 Å². The van der Waals surface area contributed by atoms with Gasteiger partial charge < -0.3 is 5.11 Å². The van der Waals surface area contributed by atoms with Crippen molar-refractivity contribution >= 4 is 6.08 Å². The van der Waals surface area contributed by atoms with E-state index < -0.39 is 0 Å². The summed E-state index contributed by atoms with van der Waals surface area (Å²) in [6, 6.07) is 3.84. The SMILES string of the molecule is N#CCC=Cc1cncc(CO)c1. The van der Waals surface area contributed by atoms with E-state index in [0.717, 1.165) is 11.1 Å². The molecule has 3 nitrogen and oxygen atoms in total. The summed E-state index contributed by atoms with van der Waals surface area (Å²) in [5.41, 5.74) is 1.68. The summed E-state index contributed by atoms with van der Waals surface area (Å²) < 4.78 is 0. The Labute approximate surface area is 77.0 Å². The van der Waals surface area contributed by atoms with Crippen LogP contribution in [0.1, 0.15) is 17.5 Å². The van der Waals surface area contributed by atoms with Gasteiger partial charge in [-0.25, -0.2) is 0 Å². The molecule has 0 atom stereocenters. The number of hydrogen-bond donors (Lipinski definition) is 1. The Balaban J connectivity index is 2.73. The Morgan fingerprint density at radius 1 is 1.54 bits per heavy atom. The number of aliphatic hydroxyl groups excluding tert-OH is 1. The Morgan fingerprint density at radius 3 is 3.08 bits per heavy atom. The molecule has 0 radical (unpaired) electrons.